The van der Waals surface area contributed by atoms with E-state index in [2.05, 4.69) is 20.9 Å². The number of benzene rings is 3. The lowest BCUT2D eigenvalue weighted by Crippen LogP contribution is -2.45. The summed E-state index contributed by atoms with van der Waals surface area (Å²) >= 11 is 0. The molecule has 3 aromatic carbocycles. The Bertz CT molecular complexity index is 2000. The third kappa shape index (κ3) is 7.08. The molecule has 3 aliphatic heterocycles. The minimum Gasteiger partial charge on any atom is -0.395 e. The first-order valence-electron chi connectivity index (χ1n) is 18.5. The van der Waals surface area contributed by atoms with Gasteiger partial charge in [0.05, 0.1) is 47.4 Å². The van der Waals surface area contributed by atoms with Crippen LogP contribution in [0.15, 0.2) is 79.0 Å². The Kier molecular flexibility index (Phi) is 10.5. The zero-order valence-electron chi connectivity index (χ0n) is 30.7. The number of ether oxygens (including phenoxy) is 1. The standard InChI is InChI=1S/C39H46FN7O6Si/c1-25-36(54(2,3)40)35(17-19-45-23-33(43-44-45)31(24-48)27-8-5-4-6-9-27)53-39(25)32-20-30(47(51)52)15-16-34(32)46(38(39)50)22-26-11-13-29(14-12-26)42-37(49)28-10-7-18-41-21-28/h4-6,8-9,11-16,20,23,25,28,31,35-36,41,48H,7,10,17-19,21-22,24H2,1-3H3,(H,42,49)/t25-,28?,31?,35+,36-,39+/m0/s1. The molecule has 54 heavy (non-hydrogen) atoms. The van der Waals surface area contributed by atoms with Crippen molar-refractivity contribution in [2.75, 3.05) is 29.9 Å². The van der Waals surface area contributed by atoms with E-state index in [0.717, 1.165) is 30.5 Å². The number of aryl methyl sites for hydroxylation is 1. The first-order valence-corrected chi connectivity index (χ1v) is 21.5. The van der Waals surface area contributed by atoms with E-state index in [9.17, 15) is 24.8 Å². The average molecular weight is 756 g/mol. The predicted octanol–water partition coefficient (Wildman–Crippen LogP) is 5.66. The number of aliphatic hydroxyl groups is 1. The van der Waals surface area contributed by atoms with Gasteiger partial charge in [-0.05, 0) is 68.2 Å². The van der Waals surface area contributed by atoms with Crippen LogP contribution in [0.2, 0.25) is 18.6 Å². The molecule has 3 aliphatic rings. The largest absolute Gasteiger partial charge is 0.395 e. The van der Waals surface area contributed by atoms with Gasteiger partial charge in [0, 0.05) is 54.1 Å². The van der Waals surface area contributed by atoms with Gasteiger partial charge in [-0.25, -0.2) is 0 Å². The summed E-state index contributed by atoms with van der Waals surface area (Å²) in [5.74, 6) is -1.52. The highest BCUT2D eigenvalue weighted by Gasteiger charge is 2.67. The van der Waals surface area contributed by atoms with Crippen molar-refractivity contribution >= 4 is 37.3 Å². The van der Waals surface area contributed by atoms with Gasteiger partial charge in [-0.3, -0.25) is 24.4 Å². The van der Waals surface area contributed by atoms with Crippen LogP contribution in [0.1, 0.15) is 54.5 Å². The summed E-state index contributed by atoms with van der Waals surface area (Å²) in [6.45, 7) is 6.90. The molecular formula is C39H46FN7O6Si. The van der Waals surface area contributed by atoms with Crippen molar-refractivity contribution in [1.82, 2.24) is 20.3 Å². The molecule has 2 amide bonds. The van der Waals surface area contributed by atoms with Gasteiger partial charge >= 0.3 is 0 Å². The molecule has 3 N–H and O–H groups in total. The second-order valence-electron chi connectivity index (χ2n) is 15.2. The lowest BCUT2D eigenvalue weighted by Gasteiger charge is -2.31. The Morgan fingerprint density at radius 2 is 1.94 bits per heavy atom. The Balaban J connectivity index is 1.14. The van der Waals surface area contributed by atoms with E-state index in [1.165, 1.54) is 12.1 Å². The van der Waals surface area contributed by atoms with E-state index in [0.29, 0.717) is 42.1 Å². The summed E-state index contributed by atoms with van der Waals surface area (Å²) in [7, 11) is -3.51. The van der Waals surface area contributed by atoms with Gasteiger partial charge in [0.2, 0.25) is 14.3 Å². The molecule has 2 saturated heterocycles. The number of hydrogen-bond acceptors (Lipinski definition) is 9. The van der Waals surface area contributed by atoms with Gasteiger partial charge in [0.25, 0.3) is 11.6 Å². The van der Waals surface area contributed by atoms with Gasteiger partial charge in [-0.2, -0.15) is 0 Å². The Hall–Kier alpha value is -4.83. The van der Waals surface area contributed by atoms with Crippen molar-refractivity contribution < 1.29 is 28.5 Å². The molecule has 4 aromatic rings. The summed E-state index contributed by atoms with van der Waals surface area (Å²) in [6.07, 6.45) is 3.17. The molecule has 2 unspecified atom stereocenters. The number of non-ortho nitro benzene ring substituents is 1. The first-order chi connectivity index (χ1) is 25.9. The topological polar surface area (TPSA) is 165 Å². The van der Waals surface area contributed by atoms with Gasteiger partial charge < -0.3 is 29.5 Å². The summed E-state index contributed by atoms with van der Waals surface area (Å²) in [6, 6.07) is 21.1. The number of aliphatic hydroxyl groups excluding tert-OH is 1. The Labute approximate surface area is 314 Å². The lowest BCUT2D eigenvalue weighted by molar-refractivity contribution is -0.385. The number of piperidine rings is 1. The number of nitro groups is 1. The summed E-state index contributed by atoms with van der Waals surface area (Å²) in [5.41, 5.74) is 1.32. The molecule has 0 saturated carbocycles. The number of aromatic nitrogens is 3. The second kappa shape index (κ2) is 15.1. The number of anilines is 2. The van der Waals surface area contributed by atoms with E-state index in [1.807, 2.05) is 49.4 Å². The molecule has 2 fully saturated rings. The number of carbonyl (C=O) groups excluding carboxylic acids is 2. The third-order valence-electron chi connectivity index (χ3n) is 11.3. The van der Waals surface area contributed by atoms with Gasteiger partial charge in [-0.1, -0.05) is 54.6 Å². The number of halogens is 1. The van der Waals surface area contributed by atoms with Gasteiger partial charge in [0.15, 0.2) is 5.60 Å². The number of carbonyl (C=O) groups is 2. The maximum Gasteiger partial charge on any atom is 0.269 e. The number of fused-ring (bicyclic) bond motifs is 2. The minimum atomic E-state index is -3.51. The fourth-order valence-corrected chi connectivity index (χ4v) is 11.2. The van der Waals surface area contributed by atoms with Crippen LogP contribution >= 0.6 is 0 Å². The summed E-state index contributed by atoms with van der Waals surface area (Å²) in [4.78, 5) is 40.7. The maximum absolute atomic E-state index is 16.4. The molecule has 0 bridgehead atoms. The molecule has 1 spiro atoms. The monoisotopic (exact) mass is 755 g/mol. The van der Waals surface area contributed by atoms with Gasteiger partial charge in [-0.15, -0.1) is 5.10 Å². The van der Waals surface area contributed by atoms with E-state index >= 15 is 4.11 Å². The fourth-order valence-electron chi connectivity index (χ4n) is 8.67. The SMILES string of the molecule is C[C@H]1[C@H]([Si](C)(C)F)[C@@H](CCn2cc(C(CO)c3ccccc3)nn2)O[C@]12C(=O)N(Cc1ccc(NC(=O)C3CCCNC3)cc1)c1ccc([N+](=O)[O-])cc12. The predicted molar refractivity (Wildman–Crippen MR) is 203 cm³/mol. The zero-order valence-corrected chi connectivity index (χ0v) is 31.7. The van der Waals surface area contributed by atoms with Crippen molar-refractivity contribution in [3.05, 3.63) is 111 Å². The first kappa shape index (κ1) is 37.5. The Morgan fingerprint density at radius 3 is 2.61 bits per heavy atom. The molecule has 15 heteroatoms. The van der Waals surface area contributed by atoms with Gasteiger partial charge in [0.1, 0.15) is 0 Å². The third-order valence-corrected chi connectivity index (χ3v) is 13.8. The van der Waals surface area contributed by atoms with Crippen LogP contribution in [0.25, 0.3) is 0 Å². The molecule has 4 heterocycles. The van der Waals surface area contributed by atoms with E-state index < -0.39 is 42.4 Å². The quantitative estimate of drug-likeness (QED) is 0.0717. The number of amides is 2. The number of nitro benzene ring substituents is 1. The highest BCUT2D eigenvalue weighted by Crippen LogP contribution is 2.60. The highest BCUT2D eigenvalue weighted by atomic mass is 28.4. The molecule has 6 atom stereocenters. The van der Waals surface area contributed by atoms with Crippen LogP contribution in [0.3, 0.4) is 0 Å². The zero-order chi connectivity index (χ0) is 38.2. The molecule has 284 valence electrons. The van der Waals surface area contributed by atoms with Crippen LogP contribution in [-0.4, -0.2) is 71.0 Å². The second-order valence-corrected chi connectivity index (χ2v) is 19.0. The van der Waals surface area contributed by atoms with Crippen LogP contribution in [0, 0.1) is 22.0 Å². The van der Waals surface area contributed by atoms with Crippen molar-refractivity contribution in [2.45, 2.75) is 75.5 Å². The lowest BCUT2D eigenvalue weighted by atomic mass is 9.82. The van der Waals surface area contributed by atoms with E-state index in [4.69, 9.17) is 4.74 Å². The van der Waals surface area contributed by atoms with Crippen molar-refractivity contribution in [2.24, 2.45) is 11.8 Å². The molecule has 0 aliphatic carbocycles. The number of nitrogens with zero attached hydrogens (tertiary/aromatic N) is 5. The van der Waals surface area contributed by atoms with Crippen molar-refractivity contribution in [3.63, 3.8) is 0 Å². The number of rotatable bonds is 12. The van der Waals surface area contributed by atoms with Crippen molar-refractivity contribution in [3.8, 4) is 0 Å². The van der Waals surface area contributed by atoms with Crippen LogP contribution in [0.4, 0.5) is 21.2 Å². The van der Waals surface area contributed by atoms with Crippen LogP contribution in [-0.2, 0) is 33.0 Å². The van der Waals surface area contributed by atoms with Crippen molar-refractivity contribution in [1.29, 1.82) is 0 Å². The molecular weight excluding hydrogens is 710 g/mol. The molecule has 1 aromatic heterocycles. The van der Waals surface area contributed by atoms with Crippen LogP contribution in [0.5, 0.6) is 0 Å². The molecule has 13 nitrogen and oxygen atoms in total. The Morgan fingerprint density at radius 1 is 1.19 bits per heavy atom. The fraction of sp³-hybridized carbons (Fsp3) is 0.436. The number of hydrogen-bond donors (Lipinski definition) is 3. The number of nitrogens with one attached hydrogen (secondary N) is 2. The molecule has 7 rings (SSSR count). The maximum atomic E-state index is 16.4. The minimum absolute atomic E-state index is 0.0382. The normalized spacial score (nSPS) is 24.5. The smallest absolute Gasteiger partial charge is 0.269 e. The van der Waals surface area contributed by atoms with E-state index in [1.54, 1.807) is 47.1 Å². The molecule has 0 radical (unpaired) electrons. The van der Waals surface area contributed by atoms with Crippen LogP contribution < -0.4 is 15.5 Å². The summed E-state index contributed by atoms with van der Waals surface area (Å²) < 4.78 is 24.9. The average Bonchev–Trinajstić information content (AvgIpc) is 3.82. The van der Waals surface area contributed by atoms with E-state index in [-0.39, 0.29) is 36.6 Å². The summed E-state index contributed by atoms with van der Waals surface area (Å²) in [5, 5.41) is 37.0. The highest BCUT2D eigenvalue weighted by molar-refractivity contribution is 6.72.